The van der Waals surface area contributed by atoms with Gasteiger partial charge in [-0.3, -0.25) is 14.6 Å². The Morgan fingerprint density at radius 1 is 1.13 bits per heavy atom. The SMILES string of the molecule is CC[C@@H](C(=O)Nc1cc(=O)[nH]c2nc(COc3ccccc3)nn12)c1ccccc1. The monoisotopic (exact) mass is 403 g/mol. The molecule has 152 valence electrons. The largest absolute Gasteiger partial charge is 0.486 e. The number of carbonyl (C=O) groups is 1. The maximum Gasteiger partial charge on any atom is 0.254 e. The number of nitrogens with zero attached hydrogens (tertiary/aromatic N) is 3. The minimum absolute atomic E-state index is 0.128. The second-order valence-electron chi connectivity index (χ2n) is 6.74. The van der Waals surface area contributed by atoms with Crippen LogP contribution in [0.4, 0.5) is 5.82 Å². The third kappa shape index (κ3) is 4.22. The van der Waals surface area contributed by atoms with Crippen molar-refractivity contribution in [2.24, 2.45) is 0 Å². The lowest BCUT2D eigenvalue weighted by Gasteiger charge is -2.15. The second-order valence-corrected chi connectivity index (χ2v) is 6.74. The number of nitrogens with one attached hydrogen (secondary N) is 2. The average molecular weight is 403 g/mol. The Morgan fingerprint density at radius 3 is 2.53 bits per heavy atom. The van der Waals surface area contributed by atoms with E-state index in [1.165, 1.54) is 10.6 Å². The van der Waals surface area contributed by atoms with Gasteiger partial charge in [0.15, 0.2) is 5.82 Å². The first kappa shape index (κ1) is 19.4. The van der Waals surface area contributed by atoms with Crippen molar-refractivity contribution in [2.75, 3.05) is 5.32 Å². The molecule has 8 nitrogen and oxygen atoms in total. The van der Waals surface area contributed by atoms with Crippen molar-refractivity contribution in [3.63, 3.8) is 0 Å². The van der Waals surface area contributed by atoms with Gasteiger partial charge in [-0.1, -0.05) is 55.5 Å². The van der Waals surface area contributed by atoms with Crippen LogP contribution in [0, 0.1) is 0 Å². The van der Waals surface area contributed by atoms with Gasteiger partial charge in [0.05, 0.1) is 5.92 Å². The number of hydrogen-bond acceptors (Lipinski definition) is 5. The van der Waals surface area contributed by atoms with Gasteiger partial charge in [-0.25, -0.2) is 0 Å². The van der Waals surface area contributed by atoms with Crippen LogP contribution in [0.5, 0.6) is 5.75 Å². The minimum atomic E-state index is -0.381. The average Bonchev–Trinajstić information content (AvgIpc) is 3.17. The van der Waals surface area contributed by atoms with Crippen molar-refractivity contribution in [1.82, 2.24) is 19.6 Å². The summed E-state index contributed by atoms with van der Waals surface area (Å²) in [5.74, 6) is 1.00. The predicted molar refractivity (Wildman–Crippen MR) is 112 cm³/mol. The highest BCUT2D eigenvalue weighted by Gasteiger charge is 2.20. The summed E-state index contributed by atoms with van der Waals surface area (Å²) in [7, 11) is 0. The van der Waals surface area contributed by atoms with Gasteiger partial charge < -0.3 is 10.1 Å². The summed E-state index contributed by atoms with van der Waals surface area (Å²) in [6.07, 6.45) is 0.621. The van der Waals surface area contributed by atoms with E-state index in [2.05, 4.69) is 20.4 Å². The zero-order valence-corrected chi connectivity index (χ0v) is 16.4. The van der Waals surface area contributed by atoms with Crippen LogP contribution >= 0.6 is 0 Å². The fourth-order valence-corrected chi connectivity index (χ4v) is 3.22. The van der Waals surface area contributed by atoms with Crippen LogP contribution in [0.1, 0.15) is 30.7 Å². The first-order chi connectivity index (χ1) is 14.6. The number of ether oxygens (including phenoxy) is 1. The number of amides is 1. The highest BCUT2D eigenvalue weighted by molar-refractivity contribution is 5.95. The quantitative estimate of drug-likeness (QED) is 0.494. The molecule has 0 bridgehead atoms. The van der Waals surface area contributed by atoms with Crippen LogP contribution in [0.2, 0.25) is 0 Å². The van der Waals surface area contributed by atoms with E-state index >= 15 is 0 Å². The second kappa shape index (κ2) is 8.60. The Kier molecular flexibility index (Phi) is 5.56. The highest BCUT2D eigenvalue weighted by Crippen LogP contribution is 2.21. The van der Waals surface area contributed by atoms with Crippen LogP contribution in [0.3, 0.4) is 0 Å². The molecular weight excluding hydrogens is 382 g/mol. The molecule has 0 saturated heterocycles. The molecule has 2 heterocycles. The van der Waals surface area contributed by atoms with Gasteiger partial charge >= 0.3 is 0 Å². The van der Waals surface area contributed by atoms with E-state index in [4.69, 9.17) is 4.74 Å². The first-order valence-electron chi connectivity index (χ1n) is 9.66. The van der Waals surface area contributed by atoms with E-state index < -0.39 is 0 Å². The number of carbonyl (C=O) groups excluding carboxylic acids is 1. The van der Waals surface area contributed by atoms with Gasteiger partial charge in [0, 0.05) is 6.07 Å². The fourth-order valence-electron chi connectivity index (χ4n) is 3.22. The molecule has 0 spiro atoms. The molecule has 0 radical (unpaired) electrons. The molecule has 0 saturated carbocycles. The molecule has 8 heteroatoms. The number of fused-ring (bicyclic) bond motifs is 1. The van der Waals surface area contributed by atoms with Crippen molar-refractivity contribution in [2.45, 2.75) is 25.9 Å². The van der Waals surface area contributed by atoms with E-state index in [1.54, 1.807) is 0 Å². The maximum atomic E-state index is 12.9. The van der Waals surface area contributed by atoms with E-state index in [0.717, 1.165) is 5.56 Å². The molecule has 2 aromatic heterocycles. The molecule has 1 amide bonds. The summed E-state index contributed by atoms with van der Waals surface area (Å²) < 4.78 is 7.07. The van der Waals surface area contributed by atoms with Crippen molar-refractivity contribution >= 4 is 17.5 Å². The Morgan fingerprint density at radius 2 is 1.83 bits per heavy atom. The maximum absolute atomic E-state index is 12.9. The number of benzene rings is 2. The highest BCUT2D eigenvalue weighted by atomic mass is 16.5. The summed E-state index contributed by atoms with van der Waals surface area (Å²) in [6.45, 7) is 2.07. The molecule has 0 aliphatic carbocycles. The van der Waals surface area contributed by atoms with Crippen LogP contribution in [-0.2, 0) is 11.4 Å². The van der Waals surface area contributed by atoms with Crippen molar-refractivity contribution in [3.05, 3.63) is 88.5 Å². The predicted octanol–water partition coefficient (Wildman–Crippen LogP) is 3.13. The topological polar surface area (TPSA) is 101 Å². The molecule has 2 N–H and O–H groups in total. The first-order valence-corrected chi connectivity index (χ1v) is 9.66. The molecular formula is C22H21N5O3. The summed E-state index contributed by atoms with van der Waals surface area (Å²) in [5, 5.41) is 7.20. The molecule has 30 heavy (non-hydrogen) atoms. The number of hydrogen-bond donors (Lipinski definition) is 2. The summed E-state index contributed by atoms with van der Waals surface area (Å²) in [4.78, 5) is 31.9. The van der Waals surface area contributed by atoms with E-state index in [9.17, 15) is 9.59 Å². The lowest BCUT2D eigenvalue weighted by atomic mass is 9.96. The number of para-hydroxylation sites is 1. The number of anilines is 1. The van der Waals surface area contributed by atoms with E-state index in [1.807, 2.05) is 67.6 Å². The molecule has 4 aromatic rings. The lowest BCUT2D eigenvalue weighted by molar-refractivity contribution is -0.117. The van der Waals surface area contributed by atoms with Crippen molar-refractivity contribution < 1.29 is 9.53 Å². The normalized spacial score (nSPS) is 11.9. The Balaban J connectivity index is 1.58. The molecule has 0 fully saturated rings. The Labute approximate surface area is 172 Å². The number of H-pyrrole nitrogens is 1. The van der Waals surface area contributed by atoms with Gasteiger partial charge in [0.2, 0.25) is 11.7 Å². The molecule has 0 aliphatic heterocycles. The van der Waals surface area contributed by atoms with Crippen LogP contribution in [0.15, 0.2) is 71.5 Å². The van der Waals surface area contributed by atoms with Crippen molar-refractivity contribution in [3.8, 4) is 5.75 Å². The van der Waals surface area contributed by atoms with Gasteiger partial charge in [-0.15, -0.1) is 5.10 Å². The fraction of sp³-hybridized carbons (Fsp3) is 0.182. The molecule has 1 atom stereocenters. The molecule has 4 rings (SSSR count). The summed E-state index contributed by atoms with van der Waals surface area (Å²) in [5.41, 5.74) is 0.530. The zero-order valence-electron chi connectivity index (χ0n) is 16.4. The number of aromatic nitrogens is 4. The summed E-state index contributed by atoms with van der Waals surface area (Å²) in [6, 6.07) is 20.1. The standard InChI is InChI=1S/C22H21N5O3/c1-2-17(15-9-5-3-6-10-15)21(29)24-19-13-20(28)25-22-23-18(26-27(19)22)14-30-16-11-7-4-8-12-16/h3-13,17H,2,14H2,1H3,(H,24,29)(H,23,25,26,28)/t17-/m1/s1. The lowest BCUT2D eigenvalue weighted by Crippen LogP contribution is -2.24. The minimum Gasteiger partial charge on any atom is -0.486 e. The third-order valence-electron chi connectivity index (χ3n) is 4.67. The molecule has 2 aromatic carbocycles. The number of aromatic amines is 1. The zero-order chi connectivity index (χ0) is 20.9. The smallest absolute Gasteiger partial charge is 0.254 e. The van der Waals surface area contributed by atoms with Gasteiger partial charge in [0.1, 0.15) is 18.2 Å². The number of rotatable bonds is 7. The van der Waals surface area contributed by atoms with Crippen LogP contribution in [-0.4, -0.2) is 25.5 Å². The molecule has 0 aliphatic rings. The van der Waals surface area contributed by atoms with Gasteiger partial charge in [-0.05, 0) is 24.1 Å². The van der Waals surface area contributed by atoms with Crippen LogP contribution in [0.25, 0.3) is 5.78 Å². The third-order valence-corrected chi connectivity index (χ3v) is 4.67. The Hall–Kier alpha value is -3.94. The van der Waals surface area contributed by atoms with Gasteiger partial charge in [-0.2, -0.15) is 9.50 Å². The molecule has 0 unspecified atom stereocenters. The van der Waals surface area contributed by atoms with Crippen LogP contribution < -0.4 is 15.6 Å². The van der Waals surface area contributed by atoms with Gasteiger partial charge in [0.25, 0.3) is 5.56 Å². The summed E-state index contributed by atoms with van der Waals surface area (Å²) >= 11 is 0. The van der Waals surface area contributed by atoms with Crippen molar-refractivity contribution in [1.29, 1.82) is 0 Å². The van der Waals surface area contributed by atoms with E-state index in [-0.39, 0.29) is 35.6 Å². The van der Waals surface area contributed by atoms with E-state index in [0.29, 0.717) is 18.0 Å². The Bertz CT molecular complexity index is 1200.